The molecule has 0 aromatic carbocycles. The molecule has 24 heteroatoms. The van der Waals surface area contributed by atoms with Crippen molar-refractivity contribution in [3.05, 3.63) is 0 Å². The maximum absolute atomic E-state index is 11.1. The minimum absolute atomic E-state index is 2.49. The second-order valence-electron chi connectivity index (χ2n) is 2.92. The van der Waals surface area contributed by atoms with Crippen LogP contribution in [-0.2, 0) is 41.2 Å². The van der Waals surface area contributed by atoms with E-state index in [4.69, 9.17) is 0 Å². The largest absolute Gasteiger partial charge is 0.524 e. The van der Waals surface area contributed by atoms with Crippen LogP contribution in [0.3, 0.4) is 0 Å². The molecule has 168 valence electrons. The molecule has 0 fully saturated rings. The van der Waals surface area contributed by atoms with Crippen LogP contribution in [0.15, 0.2) is 0 Å². The summed E-state index contributed by atoms with van der Waals surface area (Å²) in [5.41, 5.74) is -16.1. The molecule has 0 saturated carbocycles. The molecule has 0 rings (SSSR count). The molecule has 0 aromatic rings. The summed E-state index contributed by atoms with van der Waals surface area (Å²) in [6.45, 7) is 0. The lowest BCUT2D eigenvalue weighted by Gasteiger charge is -2.01. The summed E-state index contributed by atoms with van der Waals surface area (Å²) in [6, 6.07) is 0. The number of alkyl halides is 9. The van der Waals surface area contributed by atoms with Crippen LogP contribution in [0.2, 0.25) is 0 Å². The van der Waals surface area contributed by atoms with Crippen LogP contribution >= 0.6 is 38.7 Å². The fourth-order valence-corrected chi connectivity index (χ4v) is 1.14. The molecule has 0 unspecified atom stereocenters. The standard InChI is InChI=1S/3CHF3O3S2/c3*2-1(3,4)9(5,6)7-8/h3*8H. The molecule has 0 saturated heterocycles. The Bertz CT molecular complexity index is 638. The number of thiol groups is 3. The van der Waals surface area contributed by atoms with Crippen LogP contribution in [0.5, 0.6) is 0 Å². The summed E-state index contributed by atoms with van der Waals surface area (Å²) in [4.78, 5) is 0. The number of hydrogen-bond acceptors (Lipinski definition) is 12. The molecule has 0 aromatic heterocycles. The van der Waals surface area contributed by atoms with Gasteiger partial charge in [0, 0.05) is 0 Å². The Morgan fingerprint density at radius 3 is 0.556 bits per heavy atom. The first-order valence-corrected chi connectivity index (χ1v) is 9.68. The Labute approximate surface area is 161 Å². The SMILES string of the molecule is O=S(=O)(OS)C(F)(F)F.O=S(=O)(OS)C(F)(F)F.O=S(=O)(OS)C(F)(F)F. The molecule has 0 spiro atoms. The van der Waals surface area contributed by atoms with Gasteiger partial charge in [-0.2, -0.15) is 75.7 Å². The lowest BCUT2D eigenvalue weighted by atomic mass is 11.6. The Morgan fingerprint density at radius 1 is 0.444 bits per heavy atom. The Kier molecular flexibility index (Phi) is 12.7. The van der Waals surface area contributed by atoms with Gasteiger partial charge in [-0.3, -0.25) is 0 Å². The van der Waals surface area contributed by atoms with Gasteiger partial charge in [0.1, 0.15) is 0 Å². The van der Waals surface area contributed by atoms with Crippen molar-refractivity contribution in [2.45, 2.75) is 16.5 Å². The summed E-state index contributed by atoms with van der Waals surface area (Å²) in [7, 11) is -16.4. The molecule has 27 heavy (non-hydrogen) atoms. The van der Waals surface area contributed by atoms with Gasteiger partial charge in [0.25, 0.3) is 0 Å². The van der Waals surface area contributed by atoms with Gasteiger partial charge in [0.15, 0.2) is 0 Å². The molecule has 0 atom stereocenters. The van der Waals surface area contributed by atoms with Gasteiger partial charge in [-0.05, 0) is 38.7 Å². The monoisotopic (exact) mass is 546 g/mol. The predicted octanol–water partition coefficient (Wildman–Crippen LogP) is 2.09. The average Bonchev–Trinajstić information content (AvgIpc) is 2.45. The van der Waals surface area contributed by atoms with E-state index in [1.807, 2.05) is 0 Å². The molecular weight excluding hydrogens is 543 g/mol. The highest BCUT2D eigenvalue weighted by molar-refractivity contribution is 7.96. The Balaban J connectivity index is -0.000000320. The van der Waals surface area contributed by atoms with E-state index in [1.165, 1.54) is 0 Å². The smallest absolute Gasteiger partial charge is 0.194 e. The lowest BCUT2D eigenvalue weighted by Crippen LogP contribution is -2.22. The van der Waals surface area contributed by atoms with E-state index in [2.05, 4.69) is 49.6 Å². The first-order valence-electron chi connectivity index (χ1n) is 4.36. The quantitative estimate of drug-likeness (QED) is 0.211. The van der Waals surface area contributed by atoms with Gasteiger partial charge in [-0.25, -0.2) is 0 Å². The van der Waals surface area contributed by atoms with Crippen molar-refractivity contribution in [2.24, 2.45) is 0 Å². The summed E-state index contributed by atoms with van der Waals surface area (Å²) < 4.78 is 166. The second kappa shape index (κ2) is 10.8. The maximum atomic E-state index is 11.1. The van der Waals surface area contributed by atoms with E-state index in [9.17, 15) is 64.8 Å². The Hall–Kier alpha value is 0.150. The van der Waals surface area contributed by atoms with E-state index in [0.29, 0.717) is 0 Å². The van der Waals surface area contributed by atoms with Crippen molar-refractivity contribution >= 4 is 69.1 Å². The maximum Gasteiger partial charge on any atom is 0.524 e. The third-order valence-corrected chi connectivity index (χ3v) is 5.20. The highest BCUT2D eigenvalue weighted by atomic mass is 32.3. The van der Waals surface area contributed by atoms with Crippen molar-refractivity contribution in [2.75, 3.05) is 0 Å². The van der Waals surface area contributed by atoms with Gasteiger partial charge < -0.3 is 0 Å². The first kappa shape index (κ1) is 31.8. The van der Waals surface area contributed by atoms with Crippen LogP contribution in [0.1, 0.15) is 0 Å². The topological polar surface area (TPSA) is 130 Å². The Morgan fingerprint density at radius 2 is 0.556 bits per heavy atom. The molecule has 0 aliphatic rings. The van der Waals surface area contributed by atoms with Crippen molar-refractivity contribution in [3.63, 3.8) is 0 Å². The van der Waals surface area contributed by atoms with E-state index in [-0.39, 0.29) is 0 Å². The molecular formula is C3H3F9O9S6. The average molecular weight is 546 g/mol. The van der Waals surface area contributed by atoms with Gasteiger partial charge in [-0.15, -0.1) is 0 Å². The zero-order chi connectivity index (χ0) is 23.1. The van der Waals surface area contributed by atoms with Crippen LogP contribution < -0.4 is 0 Å². The summed E-state index contributed by atoms with van der Waals surface area (Å²) >= 11 is 7.46. The number of hydrogen-bond donors (Lipinski definition) is 3. The molecule has 0 aliphatic carbocycles. The van der Waals surface area contributed by atoms with Crippen LogP contribution in [0.25, 0.3) is 0 Å². The van der Waals surface area contributed by atoms with Gasteiger partial charge in [0.05, 0.1) is 0 Å². The van der Waals surface area contributed by atoms with Crippen LogP contribution in [0.4, 0.5) is 39.5 Å². The van der Waals surface area contributed by atoms with E-state index >= 15 is 0 Å². The molecule has 0 aliphatic heterocycles. The van der Waals surface area contributed by atoms with Crippen molar-refractivity contribution < 1.29 is 75.7 Å². The van der Waals surface area contributed by atoms with Crippen molar-refractivity contribution in [1.82, 2.24) is 0 Å². The molecule has 0 amide bonds. The van der Waals surface area contributed by atoms with Gasteiger partial charge in [-0.1, -0.05) is 0 Å². The van der Waals surface area contributed by atoms with Gasteiger partial charge in [0.2, 0.25) is 0 Å². The fraction of sp³-hybridized carbons (Fsp3) is 1.00. The van der Waals surface area contributed by atoms with Crippen LogP contribution in [-0.4, -0.2) is 41.8 Å². The minimum atomic E-state index is -5.47. The van der Waals surface area contributed by atoms with E-state index in [0.717, 1.165) is 0 Å². The van der Waals surface area contributed by atoms with E-state index < -0.39 is 46.9 Å². The number of rotatable bonds is 3. The lowest BCUT2D eigenvalue weighted by molar-refractivity contribution is -0.0498. The zero-order valence-electron chi connectivity index (χ0n) is 11.1. The predicted molar refractivity (Wildman–Crippen MR) is 75.1 cm³/mol. The minimum Gasteiger partial charge on any atom is -0.194 e. The highest BCUT2D eigenvalue weighted by Gasteiger charge is 2.48. The molecule has 0 heterocycles. The van der Waals surface area contributed by atoms with Crippen LogP contribution in [0, 0.1) is 0 Å². The summed E-state index contributed by atoms with van der Waals surface area (Å²) in [5, 5.41) is 0. The molecule has 0 bridgehead atoms. The molecule has 0 N–H and O–H groups in total. The summed E-state index contributed by atoms with van der Waals surface area (Å²) in [6.07, 6.45) is 0. The van der Waals surface area contributed by atoms with Gasteiger partial charge >= 0.3 is 46.9 Å². The van der Waals surface area contributed by atoms with E-state index in [1.54, 1.807) is 0 Å². The molecule has 9 nitrogen and oxygen atoms in total. The first-order chi connectivity index (χ1) is 11.4. The fourth-order valence-electron chi connectivity index (χ4n) is 0.127. The molecule has 0 radical (unpaired) electrons. The zero-order valence-corrected chi connectivity index (χ0v) is 16.3. The normalized spacial score (nSPS) is 13.8. The third kappa shape index (κ3) is 11.7. The summed E-state index contributed by atoms with van der Waals surface area (Å²) in [5.74, 6) is 0. The van der Waals surface area contributed by atoms with Crippen molar-refractivity contribution in [1.29, 1.82) is 0 Å². The second-order valence-corrected chi connectivity index (χ2v) is 8.83. The number of halogens is 9. The van der Waals surface area contributed by atoms with Crippen molar-refractivity contribution in [3.8, 4) is 0 Å². The highest BCUT2D eigenvalue weighted by Crippen LogP contribution is 2.26. The third-order valence-electron chi connectivity index (χ3n) is 1.14.